The second kappa shape index (κ2) is 8.96. The zero-order valence-corrected chi connectivity index (χ0v) is 20.7. The van der Waals surface area contributed by atoms with Gasteiger partial charge in [0, 0.05) is 43.6 Å². The van der Waals surface area contributed by atoms with Crippen molar-refractivity contribution in [2.75, 3.05) is 23.7 Å². The third kappa shape index (κ3) is 4.91. The molecule has 1 saturated heterocycles. The van der Waals surface area contributed by atoms with Gasteiger partial charge in [-0.3, -0.25) is 9.30 Å². The van der Waals surface area contributed by atoms with E-state index in [0.717, 1.165) is 31.6 Å². The number of anilines is 1. The predicted octanol–water partition coefficient (Wildman–Crippen LogP) is 2.78. The van der Waals surface area contributed by atoms with Crippen LogP contribution in [0.3, 0.4) is 0 Å². The van der Waals surface area contributed by atoms with Crippen molar-refractivity contribution in [3.05, 3.63) is 42.4 Å². The second-order valence-electron chi connectivity index (χ2n) is 9.73. The van der Waals surface area contributed by atoms with E-state index in [1.54, 1.807) is 12.3 Å². The average molecular weight is 524 g/mol. The normalized spacial score (nSPS) is 22.8. The van der Waals surface area contributed by atoms with E-state index in [1.165, 1.54) is 16.7 Å². The van der Waals surface area contributed by atoms with Gasteiger partial charge in [0.2, 0.25) is 10.0 Å². The standard InChI is InChI=1S/C23H28F3N7O2S/c1-14(13-36(27,34)35)21-15(2)31(9-10-32(21)17-4-5-17)20-7-8-28-22(30-20)18-11-29-19-6-3-16(12-33(18)19)23(24,25)26/h3,6-8,11-12,14-15,17,21H,4-5,9-10,13H2,1-2H3,(H2,27,34,35)/t14-,15+,21+/m0/s1. The lowest BCUT2D eigenvalue weighted by Gasteiger charge is -2.49. The molecule has 4 heterocycles. The number of primary sulfonamides is 1. The van der Waals surface area contributed by atoms with E-state index in [4.69, 9.17) is 10.1 Å². The number of nitrogens with zero attached hydrogens (tertiary/aromatic N) is 6. The molecule has 36 heavy (non-hydrogen) atoms. The first kappa shape index (κ1) is 24.9. The Kier molecular flexibility index (Phi) is 6.20. The number of aromatic nitrogens is 4. The van der Waals surface area contributed by atoms with Crippen LogP contribution in [-0.2, 0) is 16.2 Å². The summed E-state index contributed by atoms with van der Waals surface area (Å²) in [5, 5.41) is 5.37. The van der Waals surface area contributed by atoms with Crippen molar-refractivity contribution in [3.8, 4) is 11.5 Å². The highest BCUT2D eigenvalue weighted by atomic mass is 32.2. The monoisotopic (exact) mass is 523 g/mol. The highest BCUT2D eigenvalue weighted by Gasteiger charge is 2.44. The molecular formula is C23H28F3N7O2S. The minimum absolute atomic E-state index is 0.0480. The van der Waals surface area contributed by atoms with Crippen LogP contribution in [0.25, 0.3) is 17.2 Å². The molecule has 2 aliphatic rings. The number of fused-ring (bicyclic) bond motifs is 1. The van der Waals surface area contributed by atoms with Gasteiger partial charge in [-0.2, -0.15) is 13.2 Å². The SMILES string of the molecule is C[C@@H]1[C@@H]([C@@H](C)CS(N)(=O)=O)N(C2CC2)CCN1c1ccnc(-c2cnc3ccc(C(F)(F)F)cn23)n1. The van der Waals surface area contributed by atoms with Crippen LogP contribution < -0.4 is 10.0 Å². The first-order valence-electron chi connectivity index (χ1n) is 11.8. The maximum absolute atomic E-state index is 13.3. The van der Waals surface area contributed by atoms with Crippen molar-refractivity contribution in [2.24, 2.45) is 11.1 Å². The maximum Gasteiger partial charge on any atom is 0.417 e. The van der Waals surface area contributed by atoms with Crippen LogP contribution in [0.2, 0.25) is 0 Å². The van der Waals surface area contributed by atoms with Crippen molar-refractivity contribution >= 4 is 21.5 Å². The topological polar surface area (TPSA) is 110 Å². The van der Waals surface area contributed by atoms with E-state index >= 15 is 0 Å². The molecule has 0 amide bonds. The molecule has 1 aliphatic carbocycles. The van der Waals surface area contributed by atoms with Gasteiger partial charge in [0.15, 0.2) is 5.82 Å². The van der Waals surface area contributed by atoms with Crippen molar-refractivity contribution < 1.29 is 21.6 Å². The van der Waals surface area contributed by atoms with E-state index in [-0.39, 0.29) is 29.6 Å². The van der Waals surface area contributed by atoms with Gasteiger partial charge in [-0.15, -0.1) is 0 Å². The molecule has 3 atom stereocenters. The fraction of sp³-hybridized carbons (Fsp3) is 0.522. The van der Waals surface area contributed by atoms with Crippen molar-refractivity contribution in [1.29, 1.82) is 0 Å². The molecule has 1 aliphatic heterocycles. The number of sulfonamides is 1. The van der Waals surface area contributed by atoms with Gasteiger partial charge in [-0.05, 0) is 43.9 Å². The quantitative estimate of drug-likeness (QED) is 0.529. The van der Waals surface area contributed by atoms with Crippen molar-refractivity contribution in [1.82, 2.24) is 24.3 Å². The van der Waals surface area contributed by atoms with E-state index in [2.05, 4.69) is 19.8 Å². The Hall–Kier alpha value is -2.77. The Bertz CT molecular complexity index is 1370. The molecule has 2 N–H and O–H groups in total. The smallest absolute Gasteiger partial charge is 0.351 e. The Morgan fingerprint density at radius 1 is 1.17 bits per heavy atom. The first-order chi connectivity index (χ1) is 16.9. The number of alkyl halides is 3. The zero-order chi connectivity index (χ0) is 25.8. The summed E-state index contributed by atoms with van der Waals surface area (Å²) in [6, 6.07) is 4.40. The molecule has 0 bridgehead atoms. The van der Waals surface area contributed by atoms with Crippen LogP contribution in [0, 0.1) is 5.92 Å². The van der Waals surface area contributed by atoms with E-state index in [0.29, 0.717) is 29.7 Å². The minimum Gasteiger partial charge on any atom is -0.351 e. The van der Waals surface area contributed by atoms with Gasteiger partial charge in [-0.1, -0.05) is 6.92 Å². The molecule has 1 saturated carbocycles. The number of pyridine rings is 1. The summed E-state index contributed by atoms with van der Waals surface area (Å²) in [7, 11) is -3.64. The molecule has 3 aromatic heterocycles. The number of imidazole rings is 1. The molecular weight excluding hydrogens is 495 g/mol. The summed E-state index contributed by atoms with van der Waals surface area (Å²) in [6.07, 6.45) is 1.73. The maximum atomic E-state index is 13.3. The highest BCUT2D eigenvalue weighted by Crippen LogP contribution is 2.37. The second-order valence-corrected chi connectivity index (χ2v) is 11.4. The van der Waals surface area contributed by atoms with Gasteiger partial charge in [0.25, 0.3) is 0 Å². The molecule has 0 radical (unpaired) electrons. The van der Waals surface area contributed by atoms with Gasteiger partial charge >= 0.3 is 6.18 Å². The van der Waals surface area contributed by atoms with E-state index < -0.39 is 21.8 Å². The van der Waals surface area contributed by atoms with Crippen LogP contribution in [0.5, 0.6) is 0 Å². The molecule has 5 rings (SSSR count). The predicted molar refractivity (Wildman–Crippen MR) is 129 cm³/mol. The summed E-state index contributed by atoms with van der Waals surface area (Å²) in [4.78, 5) is 17.7. The van der Waals surface area contributed by atoms with Gasteiger partial charge in [-0.25, -0.2) is 28.5 Å². The van der Waals surface area contributed by atoms with E-state index in [1.807, 2.05) is 13.8 Å². The molecule has 13 heteroatoms. The summed E-state index contributed by atoms with van der Waals surface area (Å²) in [5.41, 5.74) is -0.0847. The molecule has 2 fully saturated rings. The summed E-state index contributed by atoms with van der Waals surface area (Å²) in [5.74, 6) is 0.569. The summed E-state index contributed by atoms with van der Waals surface area (Å²) >= 11 is 0. The average Bonchev–Trinajstić information content (AvgIpc) is 3.55. The van der Waals surface area contributed by atoms with Crippen LogP contribution >= 0.6 is 0 Å². The Balaban J connectivity index is 1.48. The third-order valence-electron chi connectivity index (χ3n) is 7.06. The van der Waals surface area contributed by atoms with Crippen LogP contribution in [0.1, 0.15) is 32.3 Å². The Labute approximate surface area is 207 Å². The third-order valence-corrected chi connectivity index (χ3v) is 8.05. The van der Waals surface area contributed by atoms with E-state index in [9.17, 15) is 21.6 Å². The summed E-state index contributed by atoms with van der Waals surface area (Å²) in [6.45, 7) is 5.38. The molecule has 9 nitrogen and oxygen atoms in total. The number of hydrogen-bond donors (Lipinski definition) is 1. The zero-order valence-electron chi connectivity index (χ0n) is 19.9. The number of hydrogen-bond acceptors (Lipinski definition) is 7. The van der Waals surface area contributed by atoms with Gasteiger partial charge < -0.3 is 4.90 Å². The Morgan fingerprint density at radius 3 is 2.58 bits per heavy atom. The number of rotatable bonds is 6. The lowest BCUT2D eigenvalue weighted by molar-refractivity contribution is -0.137. The van der Waals surface area contributed by atoms with Gasteiger partial charge in [0.1, 0.15) is 17.2 Å². The number of halogens is 3. The fourth-order valence-corrected chi connectivity index (χ4v) is 6.34. The number of piperazine rings is 1. The highest BCUT2D eigenvalue weighted by molar-refractivity contribution is 7.89. The largest absolute Gasteiger partial charge is 0.417 e. The molecule has 3 aromatic rings. The van der Waals surface area contributed by atoms with Crippen LogP contribution in [0.15, 0.2) is 36.8 Å². The molecule has 194 valence electrons. The molecule has 0 spiro atoms. The van der Waals surface area contributed by atoms with Crippen LogP contribution in [0.4, 0.5) is 19.0 Å². The number of nitrogens with two attached hydrogens (primary N) is 1. The minimum atomic E-state index is -4.49. The van der Waals surface area contributed by atoms with Crippen molar-refractivity contribution in [2.45, 2.75) is 51.0 Å². The lowest BCUT2D eigenvalue weighted by Crippen LogP contribution is -2.62. The van der Waals surface area contributed by atoms with Crippen LogP contribution in [-0.4, -0.2) is 69.6 Å². The first-order valence-corrected chi connectivity index (χ1v) is 13.5. The van der Waals surface area contributed by atoms with Crippen molar-refractivity contribution in [3.63, 3.8) is 0 Å². The molecule has 0 aromatic carbocycles. The molecule has 0 unspecified atom stereocenters. The van der Waals surface area contributed by atoms with Gasteiger partial charge in [0.05, 0.1) is 17.5 Å². The fourth-order valence-electron chi connectivity index (χ4n) is 5.41. The lowest BCUT2D eigenvalue weighted by atomic mass is 9.91. The summed E-state index contributed by atoms with van der Waals surface area (Å²) < 4.78 is 64.9. The Morgan fingerprint density at radius 2 is 1.92 bits per heavy atom.